The molecule has 134 valence electrons. The van der Waals surface area contributed by atoms with Crippen LogP contribution >= 0.6 is 0 Å². The lowest BCUT2D eigenvalue weighted by molar-refractivity contribution is -0.135. The van der Waals surface area contributed by atoms with Gasteiger partial charge in [0.1, 0.15) is 0 Å². The minimum absolute atomic E-state index is 0.0283. The van der Waals surface area contributed by atoms with Crippen molar-refractivity contribution in [2.45, 2.75) is 6.42 Å². The fourth-order valence-corrected chi connectivity index (χ4v) is 3.19. The third kappa shape index (κ3) is 3.06. The van der Waals surface area contributed by atoms with Gasteiger partial charge in [-0.15, -0.1) is 0 Å². The number of esters is 1. The number of hydrogen-bond donors (Lipinski definition) is 1. The Bertz CT molecular complexity index is 886. The highest BCUT2D eigenvalue weighted by Crippen LogP contribution is 2.35. The van der Waals surface area contributed by atoms with Crippen LogP contribution < -0.4 is 14.2 Å². The Morgan fingerprint density at radius 3 is 2.81 bits per heavy atom. The van der Waals surface area contributed by atoms with Crippen molar-refractivity contribution < 1.29 is 28.8 Å². The molecule has 0 spiro atoms. The summed E-state index contributed by atoms with van der Waals surface area (Å²) in [6, 6.07) is 10.8. The van der Waals surface area contributed by atoms with Gasteiger partial charge in [0.25, 0.3) is 0 Å². The molecule has 0 aliphatic carbocycles. The fourth-order valence-electron chi connectivity index (χ4n) is 3.19. The molecular weight excluding hydrogens is 336 g/mol. The molecule has 2 aromatic rings. The predicted octanol–water partition coefficient (Wildman–Crippen LogP) is 2.93. The lowest BCUT2D eigenvalue weighted by Gasteiger charge is -2.10. The highest BCUT2D eigenvalue weighted by molar-refractivity contribution is 5.96. The number of carbonyl (C=O) groups is 1. The van der Waals surface area contributed by atoms with Crippen LogP contribution in [0, 0.1) is 5.92 Å². The minimum Gasteiger partial charge on any atom is -0.504 e. The van der Waals surface area contributed by atoms with E-state index in [1.54, 1.807) is 24.3 Å². The normalized spacial score (nSPS) is 19.7. The van der Waals surface area contributed by atoms with Crippen LogP contribution in [0.1, 0.15) is 11.1 Å². The van der Waals surface area contributed by atoms with Crippen molar-refractivity contribution in [1.82, 2.24) is 0 Å². The number of fused-ring (bicyclic) bond motifs is 1. The Morgan fingerprint density at radius 1 is 1.15 bits per heavy atom. The van der Waals surface area contributed by atoms with Crippen LogP contribution in [0.15, 0.2) is 42.0 Å². The summed E-state index contributed by atoms with van der Waals surface area (Å²) in [5.74, 6) is 1.48. The van der Waals surface area contributed by atoms with Crippen molar-refractivity contribution >= 4 is 12.0 Å². The largest absolute Gasteiger partial charge is 0.504 e. The standard InChI is InChI=1S/C20H18O6/c1-23-17-4-2-13(8-16(17)21)7-15-14(10-24-20(15)22)6-12-3-5-18-19(9-12)26-11-25-18/h2-5,7-9,14,21H,6,10-11H2,1H3/b15-7+/t14-/m0/s1. The van der Waals surface area contributed by atoms with Gasteiger partial charge in [0.2, 0.25) is 6.79 Å². The first-order valence-corrected chi connectivity index (χ1v) is 8.28. The van der Waals surface area contributed by atoms with Gasteiger partial charge in [-0.3, -0.25) is 0 Å². The number of hydrogen-bond acceptors (Lipinski definition) is 6. The highest BCUT2D eigenvalue weighted by atomic mass is 16.7. The first-order valence-electron chi connectivity index (χ1n) is 8.28. The number of ether oxygens (including phenoxy) is 4. The van der Waals surface area contributed by atoms with E-state index >= 15 is 0 Å². The van der Waals surface area contributed by atoms with Crippen LogP contribution in [0.4, 0.5) is 0 Å². The molecule has 1 atom stereocenters. The van der Waals surface area contributed by atoms with E-state index < -0.39 is 0 Å². The van der Waals surface area contributed by atoms with Gasteiger partial charge in [0, 0.05) is 11.5 Å². The van der Waals surface area contributed by atoms with Crippen LogP contribution in [0.3, 0.4) is 0 Å². The molecular formula is C20H18O6. The quantitative estimate of drug-likeness (QED) is 0.672. The van der Waals surface area contributed by atoms with Crippen LogP contribution in [-0.4, -0.2) is 31.6 Å². The molecule has 2 aromatic carbocycles. The highest BCUT2D eigenvalue weighted by Gasteiger charge is 2.31. The number of methoxy groups -OCH3 is 1. The summed E-state index contributed by atoms with van der Waals surface area (Å²) in [5.41, 5.74) is 2.35. The molecule has 0 bridgehead atoms. The fraction of sp³-hybridized carbons (Fsp3) is 0.250. The maximum atomic E-state index is 12.2. The average molecular weight is 354 g/mol. The summed E-state index contributed by atoms with van der Waals surface area (Å²) in [5, 5.41) is 9.93. The molecule has 0 unspecified atom stereocenters. The molecule has 1 saturated heterocycles. The van der Waals surface area contributed by atoms with Crippen molar-refractivity contribution in [1.29, 1.82) is 0 Å². The van der Waals surface area contributed by atoms with Gasteiger partial charge in [-0.05, 0) is 47.9 Å². The molecule has 2 aliphatic heterocycles. The third-order valence-electron chi connectivity index (χ3n) is 4.54. The number of benzene rings is 2. The average Bonchev–Trinajstić information content (AvgIpc) is 3.23. The summed E-state index contributed by atoms with van der Waals surface area (Å²) in [6.07, 6.45) is 2.41. The lowest BCUT2D eigenvalue weighted by Crippen LogP contribution is -2.07. The number of aromatic hydroxyl groups is 1. The predicted molar refractivity (Wildman–Crippen MR) is 93.4 cm³/mol. The van der Waals surface area contributed by atoms with E-state index in [1.807, 2.05) is 18.2 Å². The van der Waals surface area contributed by atoms with Crippen molar-refractivity contribution in [3.8, 4) is 23.0 Å². The molecule has 2 aliphatic rings. The lowest BCUT2D eigenvalue weighted by atomic mass is 9.92. The van der Waals surface area contributed by atoms with E-state index in [0.29, 0.717) is 29.9 Å². The zero-order valence-corrected chi connectivity index (χ0v) is 14.2. The SMILES string of the molecule is COc1ccc(/C=C2/C(=O)OC[C@@H]2Cc2ccc3c(c2)OCO3)cc1O. The van der Waals surface area contributed by atoms with Crippen LogP contribution in [-0.2, 0) is 16.0 Å². The number of phenolic OH excluding ortho intramolecular Hbond substituents is 1. The third-order valence-corrected chi connectivity index (χ3v) is 4.54. The Labute approximate surface area is 150 Å². The van der Waals surface area contributed by atoms with Gasteiger partial charge in [0.15, 0.2) is 23.0 Å². The molecule has 0 aromatic heterocycles. The molecule has 4 rings (SSSR count). The summed E-state index contributed by atoms with van der Waals surface area (Å²) in [6.45, 7) is 0.567. The molecule has 0 amide bonds. The molecule has 6 heteroatoms. The van der Waals surface area contributed by atoms with Gasteiger partial charge >= 0.3 is 5.97 Å². The number of rotatable bonds is 4. The first kappa shape index (κ1) is 16.3. The van der Waals surface area contributed by atoms with E-state index in [0.717, 1.165) is 17.1 Å². The van der Waals surface area contributed by atoms with Gasteiger partial charge in [0.05, 0.1) is 13.7 Å². The van der Waals surface area contributed by atoms with E-state index in [4.69, 9.17) is 18.9 Å². The number of carbonyl (C=O) groups excluding carboxylic acids is 1. The summed E-state index contributed by atoms with van der Waals surface area (Å²) in [7, 11) is 1.49. The van der Waals surface area contributed by atoms with Crippen LogP contribution in [0.25, 0.3) is 6.08 Å². The summed E-state index contributed by atoms with van der Waals surface area (Å²) in [4.78, 5) is 12.2. The Morgan fingerprint density at radius 2 is 2.00 bits per heavy atom. The molecule has 1 N–H and O–H groups in total. The summed E-state index contributed by atoms with van der Waals surface area (Å²) < 4.78 is 21.0. The zero-order valence-electron chi connectivity index (χ0n) is 14.2. The van der Waals surface area contributed by atoms with Crippen molar-refractivity contribution in [3.05, 3.63) is 53.1 Å². The Balaban J connectivity index is 1.58. The van der Waals surface area contributed by atoms with Gasteiger partial charge in [-0.2, -0.15) is 0 Å². The zero-order chi connectivity index (χ0) is 18.1. The van der Waals surface area contributed by atoms with Crippen LogP contribution in [0.5, 0.6) is 23.0 Å². The van der Waals surface area contributed by atoms with Crippen molar-refractivity contribution in [3.63, 3.8) is 0 Å². The monoisotopic (exact) mass is 354 g/mol. The van der Waals surface area contributed by atoms with E-state index in [2.05, 4.69) is 0 Å². The van der Waals surface area contributed by atoms with Gasteiger partial charge < -0.3 is 24.1 Å². The molecule has 0 radical (unpaired) electrons. The molecule has 1 fully saturated rings. The van der Waals surface area contributed by atoms with Crippen molar-refractivity contribution in [2.75, 3.05) is 20.5 Å². The van der Waals surface area contributed by atoms with E-state index in [-0.39, 0.29) is 24.4 Å². The van der Waals surface area contributed by atoms with E-state index in [1.165, 1.54) is 7.11 Å². The maximum absolute atomic E-state index is 12.2. The Hall–Kier alpha value is -3.15. The molecule has 6 nitrogen and oxygen atoms in total. The maximum Gasteiger partial charge on any atom is 0.334 e. The van der Waals surface area contributed by atoms with Crippen LogP contribution in [0.2, 0.25) is 0 Å². The first-order chi connectivity index (χ1) is 12.6. The minimum atomic E-state index is -0.328. The van der Waals surface area contributed by atoms with E-state index in [9.17, 15) is 9.90 Å². The Kier molecular flexibility index (Phi) is 4.16. The topological polar surface area (TPSA) is 74.2 Å². The van der Waals surface area contributed by atoms with Gasteiger partial charge in [-0.1, -0.05) is 12.1 Å². The smallest absolute Gasteiger partial charge is 0.334 e. The molecule has 0 saturated carbocycles. The number of phenols is 1. The second kappa shape index (κ2) is 6.63. The second-order valence-corrected chi connectivity index (χ2v) is 6.22. The number of cyclic esters (lactones) is 1. The molecule has 26 heavy (non-hydrogen) atoms. The van der Waals surface area contributed by atoms with Crippen molar-refractivity contribution in [2.24, 2.45) is 5.92 Å². The molecule has 2 heterocycles. The second-order valence-electron chi connectivity index (χ2n) is 6.22. The summed E-state index contributed by atoms with van der Waals surface area (Å²) >= 11 is 0. The van der Waals surface area contributed by atoms with Gasteiger partial charge in [-0.25, -0.2) is 4.79 Å².